The first kappa shape index (κ1) is 24.9. The lowest BCUT2D eigenvalue weighted by molar-refractivity contribution is -0.568. The second-order valence-electron chi connectivity index (χ2n) is 10.2. The Morgan fingerprint density at radius 3 is 1.83 bits per heavy atom. The fourth-order valence-electron chi connectivity index (χ4n) is 6.53. The third-order valence-electron chi connectivity index (χ3n) is 8.14. The van der Waals surface area contributed by atoms with Crippen LogP contribution in [0.25, 0.3) is 11.1 Å². The zero-order chi connectivity index (χ0) is 27.8. The smallest absolute Gasteiger partial charge is 0.282 e. The highest BCUT2D eigenvalue weighted by atomic mass is 79.9. The maximum absolute atomic E-state index is 6.46. The van der Waals surface area contributed by atoms with Gasteiger partial charge in [0.2, 0.25) is 0 Å². The van der Waals surface area contributed by atoms with Crippen molar-refractivity contribution >= 4 is 66.3 Å². The molecule has 0 unspecified atom stereocenters. The monoisotopic (exact) mass is 678 g/mol. The minimum absolute atomic E-state index is 0.664. The van der Waals surface area contributed by atoms with Crippen LogP contribution in [0.2, 0.25) is 0 Å². The van der Waals surface area contributed by atoms with Crippen molar-refractivity contribution in [1.82, 2.24) is 5.43 Å². The highest BCUT2D eigenvalue weighted by Crippen LogP contribution is 2.64. The Bertz CT molecular complexity index is 1880. The van der Waals surface area contributed by atoms with Gasteiger partial charge in [-0.05, 0) is 71.9 Å². The minimum atomic E-state index is -0.980. The van der Waals surface area contributed by atoms with Gasteiger partial charge < -0.3 is 0 Å². The maximum Gasteiger partial charge on any atom is 0.282 e. The van der Waals surface area contributed by atoms with Crippen molar-refractivity contribution in [1.29, 1.82) is 0 Å². The lowest BCUT2D eigenvalue weighted by atomic mass is 9.71. The molecule has 5 aromatic carbocycles. The molecule has 0 amide bonds. The van der Waals surface area contributed by atoms with Gasteiger partial charge in [-0.2, -0.15) is 0 Å². The van der Waals surface area contributed by atoms with Crippen molar-refractivity contribution in [3.63, 3.8) is 0 Å². The number of anilines is 2. The molecular weight excluding hydrogens is 658 g/mol. The quantitative estimate of drug-likeness (QED) is 0.153. The first-order valence-corrected chi connectivity index (χ1v) is 15.2. The molecule has 1 fully saturated rings. The average Bonchev–Trinajstić information content (AvgIpc) is 3.47. The molecule has 5 nitrogen and oxygen atoms in total. The summed E-state index contributed by atoms with van der Waals surface area (Å²) in [4.78, 5) is 6.40. The predicted octanol–water partition coefficient (Wildman–Crippen LogP) is 8.82. The number of nitrogens with zero attached hydrogens (tertiary/aromatic N) is 4. The number of benzene rings is 5. The normalized spacial score (nSPS) is 21.9. The Morgan fingerprint density at radius 2 is 1.15 bits per heavy atom. The molecule has 8 rings (SSSR count). The van der Waals surface area contributed by atoms with Gasteiger partial charge in [-0.3, -0.25) is 9.80 Å². The van der Waals surface area contributed by atoms with E-state index in [1.54, 1.807) is 0 Å². The number of azo groups is 1. The summed E-state index contributed by atoms with van der Waals surface area (Å²) in [5, 5.41) is 6.30. The number of fused-ring (bicyclic) bond motifs is 3. The second kappa shape index (κ2) is 9.08. The molecule has 198 valence electrons. The van der Waals surface area contributed by atoms with Gasteiger partial charge in [-0.25, -0.2) is 0 Å². The van der Waals surface area contributed by atoms with E-state index in [9.17, 15) is 0 Å². The highest BCUT2D eigenvalue weighted by Gasteiger charge is 2.79. The third-order valence-corrected chi connectivity index (χ3v) is 9.56. The zero-order valence-corrected chi connectivity index (χ0v) is 25.6. The molecule has 0 aromatic heterocycles. The Balaban J connectivity index is 1.54. The first-order chi connectivity index (χ1) is 20.0. The maximum atomic E-state index is 6.46. The molecule has 2 atom stereocenters. The fourth-order valence-corrected chi connectivity index (χ4v) is 7.54. The molecule has 1 N–H and O–H groups in total. The van der Waals surface area contributed by atoms with Gasteiger partial charge in [0.1, 0.15) is 0 Å². The number of rotatable bonds is 3. The molecule has 1 saturated heterocycles. The van der Waals surface area contributed by atoms with Gasteiger partial charge >= 0.3 is 0 Å². The Hall–Kier alpha value is -3.85. The summed E-state index contributed by atoms with van der Waals surface area (Å²) in [6.07, 6.45) is 0. The molecule has 2 heterocycles. The number of hydrogen-bond donors (Lipinski definition) is 1. The van der Waals surface area contributed by atoms with Crippen LogP contribution in [-0.2, 0) is 11.3 Å². The van der Waals surface area contributed by atoms with Crippen molar-refractivity contribution in [3.05, 3.63) is 147 Å². The standard InChI is InChI=1S/C33H22Br2N5S/c34-22-14-18-25(19-15-22)39-31(41)38(24-8-2-1-3-9-24)32-29-12-6-4-10-27(29)28-11-5-7-13-30(28)33(32,39)37-40(36-32)26-20-16-23(35)17-21-26/h1-21H,(H,36,37)/q+1/t32-,33+/m1/s1. The summed E-state index contributed by atoms with van der Waals surface area (Å²) >= 11 is 13.7. The molecule has 2 aliphatic heterocycles. The van der Waals surface area contributed by atoms with Crippen molar-refractivity contribution in [2.45, 2.75) is 11.3 Å². The van der Waals surface area contributed by atoms with Gasteiger partial charge in [-0.15, -0.1) is 5.43 Å². The summed E-state index contributed by atoms with van der Waals surface area (Å²) in [5.74, 6) is 0. The van der Waals surface area contributed by atoms with Crippen molar-refractivity contribution in [3.8, 4) is 11.1 Å². The van der Waals surface area contributed by atoms with Crippen LogP contribution in [0.15, 0.2) is 141 Å². The number of para-hydroxylation sites is 1. The second-order valence-corrected chi connectivity index (χ2v) is 12.4. The van der Waals surface area contributed by atoms with E-state index in [4.69, 9.17) is 17.3 Å². The third kappa shape index (κ3) is 3.29. The molecule has 8 heteroatoms. The van der Waals surface area contributed by atoms with Crippen molar-refractivity contribution in [2.24, 2.45) is 5.11 Å². The van der Waals surface area contributed by atoms with E-state index in [0.717, 1.165) is 48.3 Å². The number of halogens is 2. The van der Waals surface area contributed by atoms with Crippen LogP contribution in [0.4, 0.5) is 17.1 Å². The summed E-state index contributed by atoms with van der Waals surface area (Å²) < 4.78 is 2.01. The Morgan fingerprint density at radius 1 is 0.610 bits per heavy atom. The molecule has 41 heavy (non-hydrogen) atoms. The van der Waals surface area contributed by atoms with Gasteiger partial charge in [0.25, 0.3) is 17.0 Å². The van der Waals surface area contributed by atoms with Crippen LogP contribution < -0.4 is 15.2 Å². The van der Waals surface area contributed by atoms with E-state index in [2.05, 4.69) is 156 Å². The van der Waals surface area contributed by atoms with Crippen LogP contribution in [0, 0.1) is 0 Å². The van der Waals surface area contributed by atoms with E-state index in [-0.39, 0.29) is 0 Å². The van der Waals surface area contributed by atoms with Crippen LogP contribution in [0.5, 0.6) is 0 Å². The highest BCUT2D eigenvalue weighted by molar-refractivity contribution is 9.10. The van der Waals surface area contributed by atoms with E-state index in [1.807, 2.05) is 23.0 Å². The number of hydrazine groups is 1. The van der Waals surface area contributed by atoms with E-state index >= 15 is 0 Å². The molecule has 3 aliphatic rings. The molecular formula is C33H22Br2N5S+. The van der Waals surface area contributed by atoms with Gasteiger partial charge in [-0.1, -0.05) is 98.6 Å². The van der Waals surface area contributed by atoms with Crippen molar-refractivity contribution in [2.75, 3.05) is 9.80 Å². The van der Waals surface area contributed by atoms with Crippen LogP contribution >= 0.6 is 44.1 Å². The Labute approximate surface area is 260 Å². The number of nitrogens with one attached hydrogen (secondary N) is 1. The van der Waals surface area contributed by atoms with Gasteiger partial charge in [0.05, 0.1) is 0 Å². The molecule has 5 aromatic rings. The van der Waals surface area contributed by atoms with Crippen LogP contribution in [0.3, 0.4) is 0 Å². The van der Waals surface area contributed by atoms with Gasteiger partial charge in [0, 0.05) is 53.5 Å². The first-order valence-electron chi connectivity index (χ1n) is 13.3. The SMILES string of the molecule is S=C1N(c2ccccc2)[C@@]23N[N+](c4ccc(Br)cc4)=N[C@@]2(c2ccccc2-c2ccccc23)N1c1ccc(Br)cc1. The topological polar surface area (TPSA) is 33.9 Å². The molecule has 1 aliphatic carbocycles. The molecule has 0 spiro atoms. The largest absolute Gasteiger partial charge is 0.282 e. The van der Waals surface area contributed by atoms with Crippen molar-refractivity contribution < 1.29 is 4.81 Å². The summed E-state index contributed by atoms with van der Waals surface area (Å²) in [6.45, 7) is 0. The zero-order valence-electron chi connectivity index (χ0n) is 21.6. The summed E-state index contributed by atoms with van der Waals surface area (Å²) in [6, 6.07) is 44.1. The molecule has 0 saturated carbocycles. The van der Waals surface area contributed by atoms with Crippen LogP contribution in [0.1, 0.15) is 11.1 Å². The summed E-state index contributed by atoms with van der Waals surface area (Å²) in [7, 11) is 0. The Kier molecular flexibility index (Phi) is 5.51. The van der Waals surface area contributed by atoms with E-state index in [0.29, 0.717) is 5.11 Å². The number of hydrogen-bond acceptors (Lipinski definition) is 3. The molecule has 0 radical (unpaired) electrons. The number of thiocarbonyl (C=S) groups is 1. The lowest BCUT2D eigenvalue weighted by Crippen LogP contribution is -2.63. The lowest BCUT2D eigenvalue weighted by Gasteiger charge is -2.44. The van der Waals surface area contributed by atoms with E-state index in [1.165, 1.54) is 0 Å². The minimum Gasteiger partial charge on any atom is -0.282 e. The average molecular weight is 680 g/mol. The predicted molar refractivity (Wildman–Crippen MR) is 173 cm³/mol. The fraction of sp³-hybridized carbons (Fsp3) is 0.0606. The van der Waals surface area contributed by atoms with E-state index < -0.39 is 11.3 Å². The van der Waals surface area contributed by atoms with Gasteiger partial charge in [0.15, 0.2) is 5.11 Å². The summed E-state index contributed by atoms with van der Waals surface area (Å²) in [5.41, 5.74) is 9.37. The van der Waals surface area contributed by atoms with Crippen LogP contribution in [-0.4, -0.2) is 9.92 Å². The molecule has 0 bridgehead atoms.